The Morgan fingerprint density at radius 1 is 1.25 bits per heavy atom. The van der Waals surface area contributed by atoms with E-state index in [1.807, 2.05) is 22.7 Å². The lowest BCUT2D eigenvalue weighted by atomic mass is 10.0. The second kappa shape index (κ2) is 6.19. The molecule has 0 saturated heterocycles. The minimum Gasteiger partial charge on any atom is -0.339 e. The van der Waals surface area contributed by atoms with Crippen LogP contribution in [0.2, 0.25) is 0 Å². The number of carbonyl (C=O) groups excluding carboxylic acids is 1. The predicted molar refractivity (Wildman–Crippen MR) is 96.3 cm³/mol. The van der Waals surface area contributed by atoms with Crippen LogP contribution in [0.5, 0.6) is 0 Å². The molecule has 1 fully saturated rings. The molecule has 0 radical (unpaired) electrons. The molecule has 1 saturated carbocycles. The summed E-state index contributed by atoms with van der Waals surface area (Å²) in [6.07, 6.45) is 4.25. The van der Waals surface area contributed by atoms with Gasteiger partial charge in [-0.25, -0.2) is 9.67 Å². The molecule has 2 aromatic rings. The van der Waals surface area contributed by atoms with Crippen molar-refractivity contribution in [1.29, 1.82) is 0 Å². The van der Waals surface area contributed by atoms with Crippen LogP contribution in [0.25, 0.3) is 11.0 Å². The number of pyridine rings is 1. The number of fused-ring (bicyclic) bond motifs is 1. The molecule has 0 aliphatic heterocycles. The van der Waals surface area contributed by atoms with Gasteiger partial charge in [-0.15, -0.1) is 0 Å². The van der Waals surface area contributed by atoms with Crippen LogP contribution >= 0.6 is 0 Å². The highest BCUT2D eigenvalue weighted by Gasteiger charge is 2.33. The summed E-state index contributed by atoms with van der Waals surface area (Å²) in [4.78, 5) is 19.8. The first kappa shape index (κ1) is 16.9. The van der Waals surface area contributed by atoms with E-state index in [0.29, 0.717) is 5.92 Å². The Hall–Kier alpha value is -1.91. The molecule has 1 aliphatic rings. The number of amides is 1. The van der Waals surface area contributed by atoms with Crippen molar-refractivity contribution in [2.24, 2.45) is 5.92 Å². The fraction of sp³-hybridized carbons (Fsp3) is 0.632. The topological polar surface area (TPSA) is 51.0 Å². The van der Waals surface area contributed by atoms with Gasteiger partial charge >= 0.3 is 0 Å². The van der Waals surface area contributed by atoms with Gasteiger partial charge in [0.2, 0.25) is 0 Å². The Morgan fingerprint density at radius 2 is 1.92 bits per heavy atom. The van der Waals surface area contributed by atoms with Crippen LogP contribution in [0.1, 0.15) is 75.5 Å². The van der Waals surface area contributed by atoms with E-state index in [2.05, 4.69) is 39.7 Å². The van der Waals surface area contributed by atoms with Crippen molar-refractivity contribution in [3.8, 4) is 0 Å². The van der Waals surface area contributed by atoms with Gasteiger partial charge in [-0.1, -0.05) is 13.8 Å². The van der Waals surface area contributed by atoms with Crippen molar-refractivity contribution in [3.05, 3.63) is 23.5 Å². The van der Waals surface area contributed by atoms with Crippen LogP contribution in [0.3, 0.4) is 0 Å². The van der Waals surface area contributed by atoms with E-state index in [-0.39, 0.29) is 23.9 Å². The Balaban J connectivity index is 2.09. The number of nitrogens with zero attached hydrogens (tertiary/aromatic N) is 4. The molecule has 0 aromatic carbocycles. The minimum atomic E-state index is 0.0759. The van der Waals surface area contributed by atoms with Crippen LogP contribution in [-0.4, -0.2) is 38.7 Å². The molecule has 2 heterocycles. The zero-order valence-electron chi connectivity index (χ0n) is 15.6. The summed E-state index contributed by atoms with van der Waals surface area (Å²) in [6.45, 7) is 10.5. The molecule has 1 atom stereocenters. The zero-order chi connectivity index (χ0) is 17.6. The van der Waals surface area contributed by atoms with Crippen LogP contribution in [0.4, 0.5) is 0 Å². The standard InChI is InChI=1S/C19H28N4O/c1-11(2)17-9-15(19(24)22(6)13(5)14-7-8-14)16-10-20-23(12(3)4)18(16)21-17/h9-14H,7-8H2,1-6H3. The Kier molecular flexibility index (Phi) is 4.37. The summed E-state index contributed by atoms with van der Waals surface area (Å²) in [6, 6.07) is 2.45. The zero-order valence-corrected chi connectivity index (χ0v) is 15.6. The maximum atomic E-state index is 13.1. The number of hydrogen-bond donors (Lipinski definition) is 0. The summed E-state index contributed by atoms with van der Waals surface area (Å²) in [5, 5.41) is 5.33. The van der Waals surface area contributed by atoms with Crippen LogP contribution < -0.4 is 0 Å². The van der Waals surface area contributed by atoms with E-state index in [1.54, 1.807) is 6.20 Å². The molecule has 24 heavy (non-hydrogen) atoms. The van der Waals surface area contributed by atoms with Gasteiger partial charge in [-0.05, 0) is 51.5 Å². The Bertz CT molecular complexity index is 758. The van der Waals surface area contributed by atoms with Gasteiger partial charge in [0, 0.05) is 24.8 Å². The highest BCUT2D eigenvalue weighted by Crippen LogP contribution is 2.35. The van der Waals surface area contributed by atoms with Gasteiger partial charge in [0.05, 0.1) is 17.1 Å². The quantitative estimate of drug-likeness (QED) is 0.833. The van der Waals surface area contributed by atoms with Crippen molar-refractivity contribution in [2.75, 3.05) is 7.05 Å². The summed E-state index contributed by atoms with van der Waals surface area (Å²) in [5.41, 5.74) is 2.48. The molecule has 0 N–H and O–H groups in total. The van der Waals surface area contributed by atoms with Crippen molar-refractivity contribution in [1.82, 2.24) is 19.7 Å². The Labute approximate surface area is 144 Å². The first-order chi connectivity index (χ1) is 11.3. The fourth-order valence-electron chi connectivity index (χ4n) is 3.16. The molecule has 130 valence electrons. The van der Waals surface area contributed by atoms with Crippen molar-refractivity contribution >= 4 is 16.9 Å². The lowest BCUT2D eigenvalue weighted by molar-refractivity contribution is 0.0729. The van der Waals surface area contributed by atoms with E-state index in [1.165, 1.54) is 12.8 Å². The Morgan fingerprint density at radius 3 is 2.46 bits per heavy atom. The van der Waals surface area contributed by atoms with Gasteiger partial charge in [0.15, 0.2) is 5.65 Å². The monoisotopic (exact) mass is 328 g/mol. The van der Waals surface area contributed by atoms with Crippen LogP contribution in [0, 0.1) is 5.92 Å². The number of carbonyl (C=O) groups is 1. The third-order valence-corrected chi connectivity index (χ3v) is 5.13. The SMILES string of the molecule is CC(C)c1cc(C(=O)N(C)C(C)C2CC2)c2cnn(C(C)C)c2n1. The van der Waals surface area contributed by atoms with E-state index in [9.17, 15) is 4.79 Å². The summed E-state index contributed by atoms with van der Waals surface area (Å²) < 4.78 is 1.91. The number of rotatable bonds is 5. The molecule has 1 aliphatic carbocycles. The molecule has 3 rings (SSSR count). The van der Waals surface area contributed by atoms with E-state index >= 15 is 0 Å². The van der Waals surface area contributed by atoms with Crippen molar-refractivity contribution in [3.63, 3.8) is 0 Å². The lowest BCUT2D eigenvalue weighted by Gasteiger charge is -2.25. The maximum Gasteiger partial charge on any atom is 0.254 e. The largest absolute Gasteiger partial charge is 0.339 e. The molecule has 0 bridgehead atoms. The summed E-state index contributed by atoms with van der Waals surface area (Å²) >= 11 is 0. The van der Waals surface area contributed by atoms with Crippen LogP contribution in [-0.2, 0) is 0 Å². The minimum absolute atomic E-state index is 0.0759. The number of aromatic nitrogens is 3. The normalized spacial score (nSPS) is 16.2. The molecular formula is C19H28N4O. The smallest absolute Gasteiger partial charge is 0.254 e. The molecule has 5 heteroatoms. The van der Waals surface area contributed by atoms with E-state index < -0.39 is 0 Å². The second-order valence-corrected chi connectivity index (χ2v) is 7.66. The van der Waals surface area contributed by atoms with Crippen LogP contribution in [0.15, 0.2) is 12.3 Å². The summed E-state index contributed by atoms with van der Waals surface area (Å²) in [7, 11) is 1.92. The fourth-order valence-corrected chi connectivity index (χ4v) is 3.16. The molecule has 1 amide bonds. The molecule has 5 nitrogen and oxygen atoms in total. The predicted octanol–water partition coefficient (Wildman–Crippen LogP) is 4.01. The molecule has 2 aromatic heterocycles. The number of hydrogen-bond acceptors (Lipinski definition) is 3. The van der Waals surface area contributed by atoms with Gasteiger partial charge in [0.1, 0.15) is 0 Å². The average molecular weight is 328 g/mol. The highest BCUT2D eigenvalue weighted by molar-refractivity contribution is 6.05. The third-order valence-electron chi connectivity index (χ3n) is 5.13. The van der Waals surface area contributed by atoms with E-state index in [4.69, 9.17) is 4.98 Å². The first-order valence-corrected chi connectivity index (χ1v) is 8.96. The first-order valence-electron chi connectivity index (χ1n) is 8.96. The van der Waals surface area contributed by atoms with Gasteiger partial charge in [-0.3, -0.25) is 4.79 Å². The molecule has 0 spiro atoms. The lowest BCUT2D eigenvalue weighted by Crippen LogP contribution is -2.36. The maximum absolute atomic E-state index is 13.1. The average Bonchev–Trinajstić information content (AvgIpc) is 3.30. The third kappa shape index (κ3) is 2.92. The summed E-state index contributed by atoms with van der Waals surface area (Å²) in [5.74, 6) is 0.994. The van der Waals surface area contributed by atoms with Gasteiger partial charge in [0.25, 0.3) is 5.91 Å². The second-order valence-electron chi connectivity index (χ2n) is 7.66. The van der Waals surface area contributed by atoms with Gasteiger partial charge < -0.3 is 4.90 Å². The molecular weight excluding hydrogens is 300 g/mol. The van der Waals surface area contributed by atoms with Crippen molar-refractivity contribution < 1.29 is 4.79 Å². The van der Waals surface area contributed by atoms with E-state index in [0.717, 1.165) is 22.3 Å². The highest BCUT2D eigenvalue weighted by atomic mass is 16.2. The van der Waals surface area contributed by atoms with Crippen molar-refractivity contribution in [2.45, 2.75) is 65.5 Å². The molecule has 1 unspecified atom stereocenters. The van der Waals surface area contributed by atoms with Gasteiger partial charge in [-0.2, -0.15) is 5.10 Å².